The second kappa shape index (κ2) is 5.10. The fraction of sp³-hybridized carbons (Fsp3) is 1.00. The maximum atomic E-state index is 11.7. The Labute approximate surface area is 80.7 Å². The molecule has 13 heavy (non-hydrogen) atoms. The van der Waals surface area contributed by atoms with Crippen LogP contribution in [-0.2, 0) is 0 Å². The van der Waals surface area contributed by atoms with E-state index in [1.165, 1.54) is 0 Å². The van der Waals surface area contributed by atoms with Crippen LogP contribution in [0.25, 0.3) is 0 Å². The SMILES string of the molecule is CCC(C)(CO)CCSC(F)(F)F. The zero-order chi connectivity index (χ0) is 10.5. The van der Waals surface area contributed by atoms with Crippen LogP contribution in [0.5, 0.6) is 0 Å². The molecule has 0 amide bonds. The van der Waals surface area contributed by atoms with Crippen molar-refractivity contribution in [3.05, 3.63) is 0 Å². The van der Waals surface area contributed by atoms with Crippen LogP contribution >= 0.6 is 11.8 Å². The molecule has 1 unspecified atom stereocenters. The molecule has 0 aliphatic heterocycles. The highest BCUT2D eigenvalue weighted by Crippen LogP contribution is 2.34. The first-order valence-electron chi connectivity index (χ1n) is 4.14. The molecule has 1 N–H and O–H groups in total. The normalized spacial score (nSPS) is 17.1. The number of thioether (sulfide) groups is 1. The Morgan fingerprint density at radius 3 is 2.15 bits per heavy atom. The molecule has 0 heterocycles. The number of halogens is 3. The Hall–Kier alpha value is 0.100. The molecule has 0 rings (SSSR count). The van der Waals surface area contributed by atoms with Gasteiger partial charge in [-0.05, 0) is 18.3 Å². The number of hydrogen-bond acceptors (Lipinski definition) is 2. The Morgan fingerprint density at radius 2 is 1.85 bits per heavy atom. The van der Waals surface area contributed by atoms with Gasteiger partial charge in [-0.1, -0.05) is 25.6 Å². The Bertz CT molecular complexity index is 143. The maximum Gasteiger partial charge on any atom is 0.441 e. The lowest BCUT2D eigenvalue weighted by molar-refractivity contribution is -0.0330. The summed E-state index contributed by atoms with van der Waals surface area (Å²) in [4.78, 5) is 0. The summed E-state index contributed by atoms with van der Waals surface area (Å²) in [6.07, 6.45) is 1.09. The van der Waals surface area contributed by atoms with Crippen molar-refractivity contribution in [1.29, 1.82) is 0 Å². The summed E-state index contributed by atoms with van der Waals surface area (Å²) < 4.78 is 35.2. The summed E-state index contributed by atoms with van der Waals surface area (Å²) in [5.41, 5.74) is -4.51. The summed E-state index contributed by atoms with van der Waals surface area (Å²) in [5.74, 6) is 0.0222. The summed E-state index contributed by atoms with van der Waals surface area (Å²) in [7, 11) is 0. The number of aliphatic hydroxyl groups is 1. The number of rotatable bonds is 5. The van der Waals surface area contributed by atoms with Gasteiger partial charge in [-0.25, -0.2) is 0 Å². The van der Waals surface area contributed by atoms with Crippen molar-refractivity contribution in [2.24, 2.45) is 5.41 Å². The van der Waals surface area contributed by atoms with Crippen LogP contribution in [0.15, 0.2) is 0 Å². The molecular weight excluding hydrogens is 201 g/mol. The monoisotopic (exact) mass is 216 g/mol. The molecule has 0 aliphatic rings. The fourth-order valence-corrected chi connectivity index (χ4v) is 1.61. The molecule has 0 aromatic rings. The third-order valence-corrected chi connectivity index (χ3v) is 2.94. The van der Waals surface area contributed by atoms with E-state index in [1.807, 2.05) is 6.92 Å². The van der Waals surface area contributed by atoms with Crippen LogP contribution < -0.4 is 0 Å². The Morgan fingerprint density at radius 1 is 1.31 bits per heavy atom. The molecule has 1 atom stereocenters. The van der Waals surface area contributed by atoms with Crippen LogP contribution in [-0.4, -0.2) is 23.0 Å². The van der Waals surface area contributed by atoms with Crippen molar-refractivity contribution in [2.75, 3.05) is 12.4 Å². The Balaban J connectivity index is 3.74. The summed E-state index contributed by atoms with van der Waals surface area (Å²) in [5, 5.41) is 8.92. The van der Waals surface area contributed by atoms with Crippen molar-refractivity contribution in [3.63, 3.8) is 0 Å². The molecule has 0 aromatic carbocycles. The minimum atomic E-state index is -4.15. The quantitative estimate of drug-likeness (QED) is 0.762. The molecule has 1 nitrogen and oxygen atoms in total. The van der Waals surface area contributed by atoms with E-state index in [2.05, 4.69) is 0 Å². The van der Waals surface area contributed by atoms with Crippen molar-refractivity contribution in [2.45, 2.75) is 32.2 Å². The van der Waals surface area contributed by atoms with Crippen molar-refractivity contribution in [3.8, 4) is 0 Å². The Kier molecular flexibility index (Phi) is 5.14. The van der Waals surface area contributed by atoms with Gasteiger partial charge in [0.2, 0.25) is 0 Å². The highest BCUT2D eigenvalue weighted by molar-refractivity contribution is 8.00. The van der Waals surface area contributed by atoms with Gasteiger partial charge in [0.05, 0.1) is 0 Å². The van der Waals surface area contributed by atoms with Crippen LogP contribution in [0, 0.1) is 5.41 Å². The second-order valence-electron chi connectivity index (χ2n) is 3.37. The van der Waals surface area contributed by atoms with Gasteiger partial charge in [0.15, 0.2) is 0 Å². The van der Waals surface area contributed by atoms with Crippen molar-refractivity contribution >= 4 is 11.8 Å². The molecule has 0 radical (unpaired) electrons. The molecule has 0 bridgehead atoms. The van der Waals surface area contributed by atoms with E-state index in [9.17, 15) is 13.2 Å². The third kappa shape index (κ3) is 6.21. The zero-order valence-corrected chi connectivity index (χ0v) is 8.63. The van der Waals surface area contributed by atoms with Gasteiger partial charge in [-0.15, -0.1) is 0 Å². The number of hydrogen-bond donors (Lipinski definition) is 1. The molecule has 0 saturated heterocycles. The largest absolute Gasteiger partial charge is 0.441 e. The van der Waals surface area contributed by atoms with Crippen LogP contribution in [0.2, 0.25) is 0 Å². The molecule has 5 heteroatoms. The van der Waals surface area contributed by atoms with Gasteiger partial charge < -0.3 is 5.11 Å². The molecule has 0 aliphatic carbocycles. The predicted octanol–water partition coefficient (Wildman–Crippen LogP) is 3.04. The van der Waals surface area contributed by atoms with Gasteiger partial charge in [0.25, 0.3) is 0 Å². The minimum absolute atomic E-state index is 0.0199. The first-order valence-corrected chi connectivity index (χ1v) is 5.13. The molecular formula is C8H15F3OS. The maximum absolute atomic E-state index is 11.7. The van der Waals surface area contributed by atoms with E-state index in [1.54, 1.807) is 6.92 Å². The van der Waals surface area contributed by atoms with Crippen molar-refractivity contribution in [1.82, 2.24) is 0 Å². The first kappa shape index (κ1) is 13.1. The standard InChI is InChI=1S/C8H15F3OS/c1-3-7(2,6-12)4-5-13-8(9,10)11/h12H,3-6H2,1-2H3. The van der Waals surface area contributed by atoms with E-state index >= 15 is 0 Å². The highest BCUT2D eigenvalue weighted by atomic mass is 32.2. The summed E-state index contributed by atoms with van der Waals surface area (Å²) in [6, 6.07) is 0. The van der Waals surface area contributed by atoms with Crippen LogP contribution in [0.4, 0.5) is 13.2 Å². The van der Waals surface area contributed by atoms with Gasteiger partial charge >= 0.3 is 5.51 Å². The molecule has 0 saturated carbocycles. The fourth-order valence-electron chi connectivity index (χ4n) is 0.781. The first-order chi connectivity index (χ1) is 5.83. The average molecular weight is 216 g/mol. The topological polar surface area (TPSA) is 20.2 Å². The predicted molar refractivity (Wildman–Crippen MR) is 48.6 cm³/mol. The van der Waals surface area contributed by atoms with Crippen LogP contribution in [0.3, 0.4) is 0 Å². The zero-order valence-electron chi connectivity index (χ0n) is 7.82. The third-order valence-electron chi connectivity index (χ3n) is 2.21. The number of aliphatic hydroxyl groups excluding tert-OH is 1. The van der Waals surface area contributed by atoms with Crippen LogP contribution in [0.1, 0.15) is 26.7 Å². The smallest absolute Gasteiger partial charge is 0.396 e. The van der Waals surface area contributed by atoms with E-state index in [0.29, 0.717) is 12.8 Å². The van der Waals surface area contributed by atoms with Gasteiger partial charge in [-0.3, -0.25) is 0 Å². The molecule has 80 valence electrons. The lowest BCUT2D eigenvalue weighted by Gasteiger charge is -2.25. The van der Waals surface area contributed by atoms with E-state index in [0.717, 1.165) is 0 Å². The summed E-state index contributed by atoms with van der Waals surface area (Å²) >= 11 is -0.0199. The van der Waals surface area contributed by atoms with Gasteiger partial charge in [0, 0.05) is 12.4 Å². The van der Waals surface area contributed by atoms with E-state index in [-0.39, 0.29) is 29.5 Å². The molecule has 0 spiro atoms. The van der Waals surface area contributed by atoms with E-state index < -0.39 is 5.51 Å². The lowest BCUT2D eigenvalue weighted by atomic mass is 9.86. The second-order valence-corrected chi connectivity index (χ2v) is 4.53. The van der Waals surface area contributed by atoms with E-state index in [4.69, 9.17) is 5.11 Å². The van der Waals surface area contributed by atoms with Gasteiger partial charge in [0.1, 0.15) is 0 Å². The minimum Gasteiger partial charge on any atom is -0.396 e. The number of alkyl halides is 3. The molecule has 0 aromatic heterocycles. The summed E-state index contributed by atoms with van der Waals surface area (Å²) in [6.45, 7) is 3.61. The lowest BCUT2D eigenvalue weighted by Crippen LogP contribution is -2.21. The molecule has 0 fully saturated rings. The highest BCUT2D eigenvalue weighted by Gasteiger charge is 2.29. The average Bonchev–Trinajstić information content (AvgIpc) is 2.02. The van der Waals surface area contributed by atoms with Crippen molar-refractivity contribution < 1.29 is 18.3 Å². The van der Waals surface area contributed by atoms with Gasteiger partial charge in [-0.2, -0.15) is 13.2 Å².